The van der Waals surface area contributed by atoms with Crippen LogP contribution < -0.4 is 0 Å². The van der Waals surface area contributed by atoms with Gasteiger partial charge in [-0.05, 0) is 12.8 Å². The van der Waals surface area contributed by atoms with E-state index in [1.54, 1.807) is 10.3 Å². The molecule has 1 saturated heterocycles. The third-order valence-electron chi connectivity index (χ3n) is 1.63. The summed E-state index contributed by atoms with van der Waals surface area (Å²) in [5.41, 5.74) is 0. The van der Waals surface area contributed by atoms with Gasteiger partial charge in [0.15, 0.2) is 0 Å². The van der Waals surface area contributed by atoms with Gasteiger partial charge in [0.05, 0.1) is 6.04 Å². The minimum atomic E-state index is 0.234. The second kappa shape index (κ2) is 2.92. The number of amides is 1. The van der Waals surface area contributed by atoms with Crippen molar-refractivity contribution in [2.24, 2.45) is 0 Å². The Hall–Kier alpha value is -0.440. The number of carbonyl (C=O) groups excluding carboxylic acids is 1. The summed E-state index contributed by atoms with van der Waals surface area (Å²) in [4.78, 5) is 12.0. The predicted molar refractivity (Wildman–Crippen MR) is 39.4 cm³/mol. The maximum atomic E-state index is 10.2. The molecule has 50 valence electrons. The first-order chi connectivity index (χ1) is 4.38. The van der Waals surface area contributed by atoms with Crippen molar-refractivity contribution in [3.05, 3.63) is 0 Å². The Labute approximate surface area is 59.8 Å². The molecular formula is C6H9NOS. The normalized spacial score (nSPS) is 26.2. The van der Waals surface area contributed by atoms with Crippen molar-refractivity contribution in [2.45, 2.75) is 18.9 Å². The van der Waals surface area contributed by atoms with Crippen LogP contribution in [-0.2, 0) is 4.79 Å². The smallest absolute Gasteiger partial charge is 0.210 e. The fraction of sp³-hybridized carbons (Fsp3) is 0.667. The highest BCUT2D eigenvalue weighted by atomic mass is 32.1. The Morgan fingerprint density at radius 3 is 2.89 bits per heavy atom. The second-order valence-electron chi connectivity index (χ2n) is 2.19. The lowest BCUT2D eigenvalue weighted by molar-refractivity contribution is -0.117. The summed E-state index contributed by atoms with van der Waals surface area (Å²) in [6, 6.07) is 0.234. The van der Waals surface area contributed by atoms with E-state index >= 15 is 0 Å². The molecule has 0 N–H and O–H groups in total. The maximum Gasteiger partial charge on any atom is 0.210 e. The molecule has 0 bridgehead atoms. The monoisotopic (exact) mass is 143 g/mol. The number of thiocarbonyl (C=S) groups is 1. The van der Waals surface area contributed by atoms with Crippen LogP contribution in [0, 0.1) is 0 Å². The molecule has 0 saturated carbocycles. The number of hydrogen-bond acceptors (Lipinski definition) is 2. The molecule has 0 unspecified atom stereocenters. The summed E-state index contributed by atoms with van der Waals surface area (Å²) in [6.45, 7) is 0.876. The lowest BCUT2D eigenvalue weighted by Crippen LogP contribution is -2.28. The summed E-state index contributed by atoms with van der Waals surface area (Å²) < 4.78 is 0. The summed E-state index contributed by atoms with van der Waals surface area (Å²) in [5.74, 6) is 0. The molecule has 1 aliphatic heterocycles. The van der Waals surface area contributed by atoms with Crippen LogP contribution in [0.15, 0.2) is 0 Å². The topological polar surface area (TPSA) is 20.3 Å². The van der Waals surface area contributed by atoms with Gasteiger partial charge in [-0.2, -0.15) is 0 Å². The van der Waals surface area contributed by atoms with E-state index in [-0.39, 0.29) is 6.04 Å². The standard InChI is InChI=1S/C6H9NOS/c8-5-7-3-1-2-6(7)4-9/h4-6H,1-3H2/t6-/m0/s1. The highest BCUT2D eigenvalue weighted by Crippen LogP contribution is 2.12. The molecule has 0 aromatic rings. The van der Waals surface area contributed by atoms with Crippen LogP contribution in [0.25, 0.3) is 0 Å². The molecule has 0 spiro atoms. The molecule has 0 aliphatic carbocycles. The molecule has 1 atom stereocenters. The van der Waals surface area contributed by atoms with Gasteiger partial charge in [-0.15, -0.1) is 0 Å². The zero-order chi connectivity index (χ0) is 6.69. The van der Waals surface area contributed by atoms with Crippen molar-refractivity contribution in [3.8, 4) is 0 Å². The molecule has 1 amide bonds. The van der Waals surface area contributed by atoms with Gasteiger partial charge in [-0.25, -0.2) is 0 Å². The van der Waals surface area contributed by atoms with Gasteiger partial charge >= 0.3 is 0 Å². The maximum absolute atomic E-state index is 10.2. The number of carbonyl (C=O) groups is 1. The fourth-order valence-corrected chi connectivity index (χ4v) is 1.38. The van der Waals surface area contributed by atoms with Gasteiger partial charge in [0.25, 0.3) is 0 Å². The quantitative estimate of drug-likeness (QED) is 0.417. The molecule has 2 nitrogen and oxygen atoms in total. The number of hydrogen-bond donors (Lipinski definition) is 0. The summed E-state index contributed by atoms with van der Waals surface area (Å²) in [7, 11) is 0. The van der Waals surface area contributed by atoms with E-state index < -0.39 is 0 Å². The van der Waals surface area contributed by atoms with Gasteiger partial charge in [-0.1, -0.05) is 12.2 Å². The molecule has 9 heavy (non-hydrogen) atoms. The zero-order valence-electron chi connectivity index (χ0n) is 5.12. The van der Waals surface area contributed by atoms with Crippen molar-refractivity contribution in [1.29, 1.82) is 0 Å². The van der Waals surface area contributed by atoms with Crippen molar-refractivity contribution >= 4 is 24.0 Å². The molecule has 1 fully saturated rings. The third-order valence-corrected chi connectivity index (χ3v) is 1.95. The van der Waals surface area contributed by atoms with E-state index in [1.807, 2.05) is 0 Å². The first-order valence-corrected chi connectivity index (χ1v) is 3.52. The Balaban J connectivity index is 2.50. The SMILES string of the molecule is O=CN1CCC[C@H]1C=S. The predicted octanol–water partition coefficient (Wildman–Crippen LogP) is 0.607. The van der Waals surface area contributed by atoms with Crippen LogP contribution in [0.2, 0.25) is 0 Å². The average molecular weight is 143 g/mol. The summed E-state index contributed by atoms with van der Waals surface area (Å²) in [5, 5.41) is 1.67. The fourth-order valence-electron chi connectivity index (χ4n) is 1.09. The van der Waals surface area contributed by atoms with Crippen LogP contribution in [0.5, 0.6) is 0 Å². The molecular weight excluding hydrogens is 134 g/mol. The first-order valence-electron chi connectivity index (χ1n) is 3.05. The van der Waals surface area contributed by atoms with Gasteiger partial charge in [0.2, 0.25) is 6.41 Å². The van der Waals surface area contributed by atoms with E-state index in [2.05, 4.69) is 0 Å². The number of rotatable bonds is 2. The zero-order valence-corrected chi connectivity index (χ0v) is 5.93. The van der Waals surface area contributed by atoms with Crippen LogP contribution in [-0.4, -0.2) is 29.3 Å². The van der Waals surface area contributed by atoms with Gasteiger partial charge in [-0.3, -0.25) is 4.79 Å². The van der Waals surface area contributed by atoms with Crippen molar-refractivity contribution < 1.29 is 4.79 Å². The first kappa shape index (κ1) is 6.68. The molecule has 0 aromatic carbocycles. The average Bonchev–Trinajstić information content (AvgIpc) is 2.33. The van der Waals surface area contributed by atoms with E-state index in [4.69, 9.17) is 12.2 Å². The second-order valence-corrected chi connectivity index (χ2v) is 2.46. The van der Waals surface area contributed by atoms with Crippen molar-refractivity contribution in [2.75, 3.05) is 6.54 Å². The number of nitrogens with zero attached hydrogens (tertiary/aromatic N) is 1. The van der Waals surface area contributed by atoms with Crippen LogP contribution in [0.3, 0.4) is 0 Å². The summed E-state index contributed by atoms with van der Waals surface area (Å²) in [6.07, 6.45) is 3.01. The van der Waals surface area contributed by atoms with Crippen LogP contribution >= 0.6 is 12.2 Å². The van der Waals surface area contributed by atoms with Crippen molar-refractivity contribution in [3.63, 3.8) is 0 Å². The Kier molecular flexibility index (Phi) is 2.16. The van der Waals surface area contributed by atoms with E-state index in [0.29, 0.717) is 0 Å². The Bertz CT molecular complexity index is 112. The highest BCUT2D eigenvalue weighted by molar-refractivity contribution is 7.79. The highest BCUT2D eigenvalue weighted by Gasteiger charge is 2.19. The summed E-state index contributed by atoms with van der Waals surface area (Å²) >= 11 is 4.73. The lowest BCUT2D eigenvalue weighted by Gasteiger charge is -2.13. The Morgan fingerprint density at radius 1 is 1.67 bits per heavy atom. The molecule has 1 rings (SSSR count). The largest absolute Gasteiger partial charge is 0.338 e. The van der Waals surface area contributed by atoms with E-state index in [9.17, 15) is 4.79 Å². The number of likely N-dealkylation sites (tertiary alicyclic amines) is 1. The minimum absolute atomic E-state index is 0.234. The Morgan fingerprint density at radius 2 is 2.44 bits per heavy atom. The molecule has 0 radical (unpaired) electrons. The van der Waals surface area contributed by atoms with Crippen LogP contribution in [0.1, 0.15) is 12.8 Å². The molecule has 0 aromatic heterocycles. The lowest BCUT2D eigenvalue weighted by atomic mass is 10.2. The van der Waals surface area contributed by atoms with E-state index in [1.165, 1.54) is 0 Å². The third kappa shape index (κ3) is 1.27. The van der Waals surface area contributed by atoms with E-state index in [0.717, 1.165) is 25.8 Å². The minimum Gasteiger partial charge on any atom is -0.338 e. The van der Waals surface area contributed by atoms with Gasteiger partial charge < -0.3 is 4.90 Å². The van der Waals surface area contributed by atoms with Crippen LogP contribution in [0.4, 0.5) is 0 Å². The van der Waals surface area contributed by atoms with Gasteiger partial charge in [0, 0.05) is 11.9 Å². The molecule has 3 heteroatoms. The van der Waals surface area contributed by atoms with Gasteiger partial charge in [0.1, 0.15) is 0 Å². The molecule has 1 aliphatic rings. The molecule has 1 heterocycles. The van der Waals surface area contributed by atoms with Crippen molar-refractivity contribution in [1.82, 2.24) is 4.90 Å².